The third-order valence-corrected chi connectivity index (χ3v) is 5.12. The highest BCUT2D eigenvalue weighted by atomic mass is 35.5. The molecule has 4 heteroatoms. The van der Waals surface area contributed by atoms with Gasteiger partial charge in [-0.2, -0.15) is 4.98 Å². The second-order valence-electron chi connectivity index (χ2n) is 6.63. The number of fused-ring (bicyclic) bond motifs is 3. The average Bonchev–Trinajstić information content (AvgIpc) is 2.73. The van der Waals surface area contributed by atoms with Crippen LogP contribution in [0.25, 0.3) is 32.9 Å². The first kappa shape index (κ1) is 16.2. The summed E-state index contributed by atoms with van der Waals surface area (Å²) in [6.07, 6.45) is 9.16. The predicted octanol–water partition coefficient (Wildman–Crippen LogP) is 6.10. The summed E-state index contributed by atoms with van der Waals surface area (Å²) in [5, 5.41) is 4.91. The Labute approximate surface area is 162 Å². The lowest BCUT2D eigenvalue weighted by molar-refractivity contribution is 0.762. The fraction of sp³-hybridized carbons (Fsp3) is 0.0870. The van der Waals surface area contributed by atoms with Crippen LogP contribution in [-0.4, -0.2) is 15.0 Å². The molecule has 1 aliphatic carbocycles. The third kappa shape index (κ3) is 2.90. The fourth-order valence-corrected chi connectivity index (χ4v) is 3.83. The molecule has 0 saturated carbocycles. The summed E-state index contributed by atoms with van der Waals surface area (Å²) in [5.41, 5.74) is 0.977. The van der Waals surface area contributed by atoms with Crippen LogP contribution in [0.4, 0.5) is 0 Å². The van der Waals surface area contributed by atoms with E-state index in [1.54, 1.807) is 0 Å². The van der Waals surface area contributed by atoms with Crippen molar-refractivity contribution < 1.29 is 0 Å². The minimum atomic E-state index is 0.126. The number of hydrogen-bond acceptors (Lipinski definition) is 3. The van der Waals surface area contributed by atoms with Gasteiger partial charge in [-0.05, 0) is 45.6 Å². The molecule has 0 bridgehead atoms. The summed E-state index contributed by atoms with van der Waals surface area (Å²) in [6, 6.07) is 18.9. The highest BCUT2D eigenvalue weighted by molar-refractivity contribution is 6.28. The van der Waals surface area contributed by atoms with Gasteiger partial charge in [0, 0.05) is 11.5 Å². The van der Waals surface area contributed by atoms with Crippen LogP contribution < -0.4 is 0 Å². The second-order valence-corrected chi connectivity index (χ2v) is 6.97. The standard InChI is InChI=1S/C23H16ClN3/c24-23-26-21(15-8-2-1-3-9-15)25-22(27-23)20-14-16-10-4-5-11-17(16)18-12-6-7-13-19(18)20/h1-8,10-15H,9H2. The lowest BCUT2D eigenvalue weighted by Crippen LogP contribution is -2.06. The van der Waals surface area contributed by atoms with E-state index < -0.39 is 0 Å². The molecule has 4 aromatic rings. The Morgan fingerprint density at radius 3 is 2.41 bits per heavy atom. The zero-order valence-electron chi connectivity index (χ0n) is 14.5. The van der Waals surface area contributed by atoms with Gasteiger partial charge in [0.25, 0.3) is 0 Å². The number of halogens is 1. The number of allylic oxidation sites excluding steroid dienone is 4. The number of rotatable bonds is 2. The van der Waals surface area contributed by atoms with Gasteiger partial charge in [-0.15, -0.1) is 0 Å². The number of nitrogens with zero attached hydrogens (tertiary/aromatic N) is 3. The lowest BCUT2D eigenvalue weighted by atomic mass is 9.96. The highest BCUT2D eigenvalue weighted by Crippen LogP contribution is 2.34. The minimum Gasteiger partial charge on any atom is -0.212 e. The number of hydrogen-bond donors (Lipinski definition) is 0. The predicted molar refractivity (Wildman–Crippen MR) is 111 cm³/mol. The maximum atomic E-state index is 6.28. The molecule has 0 aliphatic heterocycles. The van der Waals surface area contributed by atoms with E-state index in [0.29, 0.717) is 11.6 Å². The van der Waals surface area contributed by atoms with Gasteiger partial charge in [-0.25, -0.2) is 9.97 Å². The van der Waals surface area contributed by atoms with Crippen LogP contribution in [0, 0.1) is 0 Å². The molecule has 3 aromatic carbocycles. The minimum absolute atomic E-state index is 0.126. The van der Waals surface area contributed by atoms with Crippen LogP contribution >= 0.6 is 11.6 Å². The molecule has 1 heterocycles. The molecule has 1 aromatic heterocycles. The zero-order valence-corrected chi connectivity index (χ0v) is 15.3. The van der Waals surface area contributed by atoms with Crippen LogP contribution in [0.15, 0.2) is 78.9 Å². The smallest absolute Gasteiger partial charge is 0.212 e. The van der Waals surface area contributed by atoms with E-state index in [1.807, 2.05) is 24.3 Å². The van der Waals surface area contributed by atoms with Crippen LogP contribution in [0.1, 0.15) is 18.2 Å². The lowest BCUT2D eigenvalue weighted by Gasteiger charge is -2.14. The Bertz CT molecular complexity index is 1230. The second kappa shape index (κ2) is 6.60. The van der Waals surface area contributed by atoms with Crippen molar-refractivity contribution in [3.63, 3.8) is 0 Å². The van der Waals surface area contributed by atoms with Gasteiger partial charge < -0.3 is 0 Å². The summed E-state index contributed by atoms with van der Waals surface area (Å²) < 4.78 is 0. The summed E-state index contributed by atoms with van der Waals surface area (Å²) in [5.74, 6) is 1.46. The molecule has 130 valence electrons. The van der Waals surface area contributed by atoms with E-state index in [-0.39, 0.29) is 11.2 Å². The van der Waals surface area contributed by atoms with Crippen LogP contribution in [-0.2, 0) is 0 Å². The van der Waals surface area contributed by atoms with Crippen LogP contribution in [0.5, 0.6) is 0 Å². The van der Waals surface area contributed by atoms with Crippen molar-refractivity contribution in [2.75, 3.05) is 0 Å². The van der Waals surface area contributed by atoms with Crippen LogP contribution in [0.2, 0.25) is 5.28 Å². The molecule has 0 fully saturated rings. The maximum Gasteiger partial charge on any atom is 0.226 e. The molecule has 0 spiro atoms. The Balaban J connectivity index is 1.76. The van der Waals surface area contributed by atoms with E-state index >= 15 is 0 Å². The average molecular weight is 370 g/mol. The van der Waals surface area contributed by atoms with Gasteiger partial charge in [0.05, 0.1) is 0 Å². The monoisotopic (exact) mass is 369 g/mol. The maximum absolute atomic E-state index is 6.28. The summed E-state index contributed by atoms with van der Waals surface area (Å²) >= 11 is 6.28. The first-order chi connectivity index (χ1) is 13.3. The van der Waals surface area contributed by atoms with Crippen molar-refractivity contribution in [1.29, 1.82) is 0 Å². The zero-order chi connectivity index (χ0) is 18.2. The van der Waals surface area contributed by atoms with Crippen molar-refractivity contribution in [3.05, 3.63) is 90.0 Å². The van der Waals surface area contributed by atoms with Gasteiger partial charge in [-0.1, -0.05) is 72.8 Å². The quantitative estimate of drug-likeness (QED) is 0.401. The van der Waals surface area contributed by atoms with Crippen molar-refractivity contribution >= 4 is 33.1 Å². The molecule has 0 amide bonds. The normalized spacial score (nSPS) is 16.3. The molecule has 27 heavy (non-hydrogen) atoms. The topological polar surface area (TPSA) is 38.7 Å². The Morgan fingerprint density at radius 1 is 0.815 bits per heavy atom. The van der Waals surface area contributed by atoms with Gasteiger partial charge >= 0.3 is 0 Å². The van der Waals surface area contributed by atoms with Crippen molar-refractivity contribution in [1.82, 2.24) is 15.0 Å². The van der Waals surface area contributed by atoms with E-state index in [1.165, 1.54) is 10.8 Å². The number of aromatic nitrogens is 3. The third-order valence-electron chi connectivity index (χ3n) is 4.95. The number of benzene rings is 3. The molecule has 1 aliphatic rings. The molecular formula is C23H16ClN3. The van der Waals surface area contributed by atoms with Gasteiger partial charge in [0.15, 0.2) is 5.82 Å². The van der Waals surface area contributed by atoms with Gasteiger partial charge in [0.2, 0.25) is 5.28 Å². The molecule has 0 radical (unpaired) electrons. The summed E-state index contributed by atoms with van der Waals surface area (Å²) in [6.45, 7) is 0. The molecule has 5 rings (SSSR count). The fourth-order valence-electron chi connectivity index (χ4n) is 3.66. The van der Waals surface area contributed by atoms with E-state index in [9.17, 15) is 0 Å². The summed E-state index contributed by atoms with van der Waals surface area (Å²) in [7, 11) is 0. The molecule has 1 unspecified atom stereocenters. The molecule has 0 saturated heterocycles. The van der Waals surface area contributed by atoms with E-state index in [4.69, 9.17) is 16.6 Å². The van der Waals surface area contributed by atoms with E-state index in [2.05, 4.69) is 64.6 Å². The summed E-state index contributed by atoms with van der Waals surface area (Å²) in [4.78, 5) is 13.6. The Kier molecular flexibility index (Phi) is 3.95. The SMILES string of the molecule is Clc1nc(-c2cc3ccccc3c3ccccc23)nc(C2C=CC=CC2)n1. The molecular weight excluding hydrogens is 354 g/mol. The van der Waals surface area contributed by atoms with Crippen molar-refractivity contribution in [2.45, 2.75) is 12.3 Å². The Morgan fingerprint density at radius 2 is 1.59 bits per heavy atom. The molecule has 3 nitrogen and oxygen atoms in total. The van der Waals surface area contributed by atoms with Crippen LogP contribution in [0.3, 0.4) is 0 Å². The first-order valence-corrected chi connectivity index (χ1v) is 9.33. The van der Waals surface area contributed by atoms with Gasteiger partial charge in [0.1, 0.15) is 5.82 Å². The van der Waals surface area contributed by atoms with Crippen molar-refractivity contribution in [3.8, 4) is 11.4 Å². The molecule has 1 atom stereocenters. The van der Waals surface area contributed by atoms with Crippen molar-refractivity contribution in [2.24, 2.45) is 0 Å². The Hall–Kier alpha value is -3.04. The van der Waals surface area contributed by atoms with E-state index in [0.717, 1.165) is 22.8 Å². The molecule has 0 N–H and O–H groups in total. The largest absolute Gasteiger partial charge is 0.226 e. The highest BCUT2D eigenvalue weighted by Gasteiger charge is 2.17. The van der Waals surface area contributed by atoms with Gasteiger partial charge in [-0.3, -0.25) is 0 Å². The first-order valence-electron chi connectivity index (χ1n) is 8.95.